The zero-order valence-corrected chi connectivity index (χ0v) is 14.6. The average molecular weight is 399 g/mol. The normalized spacial score (nSPS) is 17.0. The highest BCUT2D eigenvalue weighted by molar-refractivity contribution is 8.45. The number of hydrogen-bond acceptors (Lipinski definition) is 4. The molecule has 2 aromatic rings. The molecule has 1 aliphatic rings. The molecule has 3 rings (SSSR count). The van der Waals surface area contributed by atoms with E-state index in [4.69, 9.17) is 0 Å². The molecule has 0 fully saturated rings. The molecule has 0 unspecified atom stereocenters. The van der Waals surface area contributed by atoms with Gasteiger partial charge < -0.3 is 4.98 Å². The number of aryl methyl sites for hydroxylation is 2. The Labute approximate surface area is 144 Å². The van der Waals surface area contributed by atoms with Crippen LogP contribution in [-0.4, -0.2) is 15.0 Å². The Balaban J connectivity index is 1.96. The van der Waals surface area contributed by atoms with Crippen LogP contribution in [0.1, 0.15) is 28.9 Å². The molecule has 2 aromatic heterocycles. The Morgan fingerprint density at radius 1 is 1.24 bits per heavy atom. The van der Waals surface area contributed by atoms with Crippen LogP contribution in [0.2, 0.25) is 0 Å². The van der Waals surface area contributed by atoms with Crippen molar-refractivity contribution in [3.63, 3.8) is 0 Å². The van der Waals surface area contributed by atoms with Gasteiger partial charge in [-0.05, 0) is 32.3 Å². The quantitative estimate of drug-likeness (QED) is 0.451. The van der Waals surface area contributed by atoms with Gasteiger partial charge in [-0.1, -0.05) is 31.2 Å². The van der Waals surface area contributed by atoms with Crippen LogP contribution in [-0.2, 0) is 18.6 Å². The molecule has 2 heterocycles. The second-order valence-corrected chi connectivity index (χ2v) is 9.12. The predicted octanol–water partition coefficient (Wildman–Crippen LogP) is 4.91. The SMILES string of the molecule is Cc1nccc(S(F)(F)(F)(F)F)c1CSc1nc2c(c(=O)[nH]1)CCC2. The number of aromatic nitrogens is 3. The summed E-state index contributed by atoms with van der Waals surface area (Å²) in [5.74, 6) is -0.428. The zero-order valence-electron chi connectivity index (χ0n) is 13.0. The van der Waals surface area contributed by atoms with E-state index in [2.05, 4.69) is 15.0 Å². The summed E-state index contributed by atoms with van der Waals surface area (Å²) in [5.41, 5.74) is 0.120. The minimum atomic E-state index is -9.84. The number of fused-ring (bicyclic) bond motifs is 1. The molecule has 0 aromatic carbocycles. The smallest absolute Gasteiger partial charge is 0.301 e. The Kier molecular flexibility index (Phi) is 3.78. The summed E-state index contributed by atoms with van der Waals surface area (Å²) in [6, 6.07) is 0.295. The molecule has 0 bridgehead atoms. The number of pyridine rings is 1. The third kappa shape index (κ3) is 3.81. The van der Waals surface area contributed by atoms with Gasteiger partial charge in [-0.3, -0.25) is 9.78 Å². The third-order valence-electron chi connectivity index (χ3n) is 3.92. The first-order valence-electron chi connectivity index (χ1n) is 7.28. The van der Waals surface area contributed by atoms with E-state index < -0.39 is 26.4 Å². The fourth-order valence-corrected chi connectivity index (χ4v) is 4.82. The molecular formula is C14H14F5N3OS2. The first-order valence-corrected chi connectivity index (χ1v) is 10.2. The van der Waals surface area contributed by atoms with Gasteiger partial charge in [0, 0.05) is 28.8 Å². The van der Waals surface area contributed by atoms with Crippen molar-refractivity contribution >= 4 is 22.0 Å². The molecule has 11 heteroatoms. The Bertz CT molecular complexity index is 912. The molecule has 25 heavy (non-hydrogen) atoms. The van der Waals surface area contributed by atoms with Crippen molar-refractivity contribution < 1.29 is 19.4 Å². The second-order valence-electron chi connectivity index (χ2n) is 5.78. The van der Waals surface area contributed by atoms with Crippen molar-refractivity contribution in [1.82, 2.24) is 15.0 Å². The molecule has 0 saturated carbocycles. The third-order valence-corrected chi connectivity index (χ3v) is 6.03. The van der Waals surface area contributed by atoms with E-state index in [9.17, 15) is 24.2 Å². The second kappa shape index (κ2) is 5.19. The van der Waals surface area contributed by atoms with Crippen molar-refractivity contribution in [2.75, 3.05) is 0 Å². The lowest BCUT2D eigenvalue weighted by molar-refractivity contribution is 0.362. The first kappa shape index (κ1) is 18.2. The largest absolute Gasteiger partial charge is 0.310 e. The molecule has 0 spiro atoms. The fraction of sp³-hybridized carbons (Fsp3) is 0.357. The Hall–Kier alpha value is -1.62. The van der Waals surface area contributed by atoms with Crippen molar-refractivity contribution in [2.45, 2.75) is 42.0 Å². The number of nitrogens with zero attached hydrogens (tertiary/aromatic N) is 2. The van der Waals surface area contributed by atoms with Gasteiger partial charge in [-0.15, -0.1) is 0 Å². The van der Waals surface area contributed by atoms with E-state index in [1.165, 1.54) is 6.92 Å². The van der Waals surface area contributed by atoms with E-state index in [0.29, 0.717) is 36.4 Å². The monoisotopic (exact) mass is 399 g/mol. The summed E-state index contributed by atoms with van der Waals surface area (Å²) >= 11 is 0.774. The number of H-pyrrole nitrogens is 1. The maximum atomic E-state index is 13.2. The fourth-order valence-electron chi connectivity index (χ4n) is 2.74. The molecule has 4 nitrogen and oxygen atoms in total. The molecule has 1 aliphatic carbocycles. The lowest BCUT2D eigenvalue weighted by Gasteiger charge is -2.41. The first-order chi connectivity index (χ1) is 11.3. The van der Waals surface area contributed by atoms with E-state index in [-0.39, 0.29) is 16.4 Å². The van der Waals surface area contributed by atoms with Crippen molar-refractivity contribution in [2.24, 2.45) is 0 Å². The topological polar surface area (TPSA) is 58.6 Å². The zero-order chi connectivity index (χ0) is 18.5. The molecule has 0 amide bonds. The van der Waals surface area contributed by atoms with Gasteiger partial charge >= 0.3 is 10.2 Å². The summed E-state index contributed by atoms with van der Waals surface area (Å²) in [6.45, 7) is 1.24. The Morgan fingerprint density at radius 3 is 2.64 bits per heavy atom. The lowest BCUT2D eigenvalue weighted by Crippen LogP contribution is -2.15. The summed E-state index contributed by atoms with van der Waals surface area (Å²) < 4.78 is 66.2. The molecule has 0 saturated heterocycles. The minimum Gasteiger partial charge on any atom is -0.301 e. The van der Waals surface area contributed by atoms with Crippen LogP contribution in [0.5, 0.6) is 0 Å². The van der Waals surface area contributed by atoms with Crippen LogP contribution in [0.3, 0.4) is 0 Å². The van der Waals surface area contributed by atoms with Gasteiger partial charge in [0.05, 0.1) is 5.69 Å². The number of hydrogen-bond donors (Lipinski definition) is 1. The standard InChI is InChI=1S/C14H14F5N3OS2/c1-8-10(12(5-6-20-8)25(15,16,17,18)19)7-24-14-21-11-4-2-3-9(11)13(23)22-14/h5-6H,2-4,7H2,1H3,(H,21,22,23). The van der Waals surface area contributed by atoms with Gasteiger partial charge in [-0.25, -0.2) is 4.98 Å². The number of rotatable bonds is 4. The van der Waals surface area contributed by atoms with Crippen molar-refractivity contribution in [1.29, 1.82) is 0 Å². The maximum Gasteiger partial charge on any atom is 0.310 e. The van der Waals surface area contributed by atoms with Crippen LogP contribution in [0.25, 0.3) is 0 Å². The summed E-state index contributed by atoms with van der Waals surface area (Å²) in [6.07, 6.45) is 2.73. The highest BCUT2D eigenvalue weighted by Gasteiger charge is 2.66. The van der Waals surface area contributed by atoms with Crippen LogP contribution >= 0.6 is 22.0 Å². The van der Waals surface area contributed by atoms with Crippen LogP contribution in [0.4, 0.5) is 19.4 Å². The molecular weight excluding hydrogens is 385 g/mol. The maximum absolute atomic E-state index is 13.2. The highest BCUT2D eigenvalue weighted by atomic mass is 32.5. The van der Waals surface area contributed by atoms with E-state index in [1.807, 2.05) is 0 Å². The van der Waals surface area contributed by atoms with Crippen LogP contribution < -0.4 is 5.56 Å². The Morgan fingerprint density at radius 2 is 1.96 bits per heavy atom. The lowest BCUT2D eigenvalue weighted by atomic mass is 10.2. The van der Waals surface area contributed by atoms with E-state index >= 15 is 0 Å². The van der Waals surface area contributed by atoms with E-state index in [0.717, 1.165) is 18.2 Å². The summed E-state index contributed by atoms with van der Waals surface area (Å²) in [4.78, 5) is 20.4. The molecule has 0 atom stereocenters. The molecule has 138 valence electrons. The van der Waals surface area contributed by atoms with Crippen LogP contribution in [0.15, 0.2) is 27.1 Å². The summed E-state index contributed by atoms with van der Waals surface area (Å²) in [7, 11) is -9.84. The molecule has 0 aliphatic heterocycles. The van der Waals surface area contributed by atoms with Crippen molar-refractivity contribution in [3.05, 3.63) is 45.1 Å². The average Bonchev–Trinajstić information content (AvgIpc) is 2.92. The van der Waals surface area contributed by atoms with Gasteiger partial charge in [0.15, 0.2) is 5.16 Å². The van der Waals surface area contributed by atoms with Crippen LogP contribution in [0, 0.1) is 6.92 Å². The highest BCUT2D eigenvalue weighted by Crippen LogP contribution is 3.02. The van der Waals surface area contributed by atoms with Crippen molar-refractivity contribution in [3.8, 4) is 0 Å². The van der Waals surface area contributed by atoms with Gasteiger partial charge in [0.25, 0.3) is 5.56 Å². The number of nitrogens with one attached hydrogen (secondary N) is 1. The summed E-state index contributed by atoms with van der Waals surface area (Å²) in [5, 5.41) is 0.113. The number of halogens is 5. The predicted molar refractivity (Wildman–Crippen MR) is 86.8 cm³/mol. The number of aromatic amines is 1. The van der Waals surface area contributed by atoms with Gasteiger partial charge in [-0.2, -0.15) is 0 Å². The van der Waals surface area contributed by atoms with Gasteiger partial charge in [0.1, 0.15) is 4.90 Å². The minimum absolute atomic E-state index is 0.113. The molecule has 0 radical (unpaired) electrons. The van der Waals surface area contributed by atoms with Gasteiger partial charge in [0.2, 0.25) is 0 Å². The number of thioether (sulfide) groups is 1. The molecule has 1 N–H and O–H groups in total. The van der Waals surface area contributed by atoms with E-state index in [1.54, 1.807) is 0 Å².